The molecule has 0 fully saturated rings. The molecular weight excluding hydrogens is 318 g/mol. The van der Waals surface area contributed by atoms with Crippen LogP contribution in [-0.4, -0.2) is 23.6 Å². The molecule has 5 nitrogen and oxygen atoms in total. The quantitative estimate of drug-likeness (QED) is 0.807. The lowest BCUT2D eigenvalue weighted by atomic mass is 10.0. The van der Waals surface area contributed by atoms with Crippen molar-refractivity contribution < 1.29 is 19.4 Å². The van der Waals surface area contributed by atoms with Crippen molar-refractivity contribution >= 4 is 17.6 Å². The van der Waals surface area contributed by atoms with E-state index in [0.29, 0.717) is 12.1 Å². The Kier molecular flexibility index (Phi) is 6.17. The van der Waals surface area contributed by atoms with Crippen molar-refractivity contribution in [3.63, 3.8) is 0 Å². The van der Waals surface area contributed by atoms with Crippen molar-refractivity contribution in [2.75, 3.05) is 11.9 Å². The third-order valence-electron chi connectivity index (χ3n) is 3.96. The van der Waals surface area contributed by atoms with Crippen LogP contribution in [0.1, 0.15) is 23.6 Å². The minimum atomic E-state index is -0.818. The number of aryl methyl sites for hydroxylation is 2. The molecule has 0 spiro atoms. The molecule has 0 heterocycles. The smallest absolute Gasteiger partial charge is 0.306 e. The average Bonchev–Trinajstić information content (AvgIpc) is 2.56. The maximum Gasteiger partial charge on any atom is 0.306 e. The summed E-state index contributed by atoms with van der Waals surface area (Å²) in [6.07, 6.45) is 0.458. The molecule has 2 N–H and O–H groups in total. The molecule has 5 heteroatoms. The van der Waals surface area contributed by atoms with Crippen LogP contribution in [-0.2, 0) is 16.0 Å². The van der Waals surface area contributed by atoms with Gasteiger partial charge in [-0.3, -0.25) is 9.59 Å². The van der Waals surface area contributed by atoms with E-state index < -0.39 is 11.9 Å². The second kappa shape index (κ2) is 8.33. The highest BCUT2D eigenvalue weighted by molar-refractivity contribution is 5.91. The lowest BCUT2D eigenvalue weighted by molar-refractivity contribution is -0.141. The molecule has 132 valence electrons. The number of carbonyl (C=O) groups excluding carboxylic acids is 1. The molecule has 0 saturated carbocycles. The van der Waals surface area contributed by atoms with Crippen molar-refractivity contribution in [3.8, 4) is 5.75 Å². The van der Waals surface area contributed by atoms with E-state index in [0.717, 1.165) is 22.4 Å². The average molecular weight is 341 g/mol. The Morgan fingerprint density at radius 2 is 1.68 bits per heavy atom. The summed E-state index contributed by atoms with van der Waals surface area (Å²) in [4.78, 5) is 22.9. The molecule has 0 saturated heterocycles. The van der Waals surface area contributed by atoms with E-state index in [2.05, 4.69) is 5.32 Å². The first-order valence-corrected chi connectivity index (χ1v) is 8.17. The van der Waals surface area contributed by atoms with Crippen LogP contribution < -0.4 is 10.1 Å². The zero-order valence-corrected chi connectivity index (χ0v) is 14.7. The summed E-state index contributed by atoms with van der Waals surface area (Å²) in [5, 5.41) is 11.7. The van der Waals surface area contributed by atoms with E-state index >= 15 is 0 Å². The lowest BCUT2D eigenvalue weighted by Gasteiger charge is -2.12. The summed E-state index contributed by atoms with van der Waals surface area (Å²) in [5.41, 5.74) is 3.55. The monoisotopic (exact) mass is 341 g/mol. The Balaban J connectivity index is 1.89. The second-order valence-corrected chi connectivity index (χ2v) is 6.20. The maximum atomic E-state index is 12.0. The van der Waals surface area contributed by atoms with Crippen molar-refractivity contribution in [2.45, 2.75) is 27.2 Å². The van der Waals surface area contributed by atoms with Crippen molar-refractivity contribution in [3.05, 3.63) is 59.2 Å². The van der Waals surface area contributed by atoms with Crippen LogP contribution in [0.2, 0.25) is 0 Å². The van der Waals surface area contributed by atoms with Gasteiger partial charge in [-0.15, -0.1) is 0 Å². The Morgan fingerprint density at radius 1 is 1.08 bits per heavy atom. The second-order valence-electron chi connectivity index (χ2n) is 6.20. The third-order valence-corrected chi connectivity index (χ3v) is 3.96. The van der Waals surface area contributed by atoms with Gasteiger partial charge in [0.2, 0.25) is 0 Å². The fraction of sp³-hybridized carbons (Fsp3) is 0.300. The summed E-state index contributed by atoms with van der Waals surface area (Å²) in [6.45, 7) is 5.49. The number of nitrogens with one attached hydrogen (secondary N) is 1. The highest BCUT2D eigenvalue weighted by Gasteiger charge is 2.12. The van der Waals surface area contributed by atoms with Gasteiger partial charge in [-0.25, -0.2) is 0 Å². The first-order chi connectivity index (χ1) is 11.9. The normalized spacial score (nSPS) is 11.6. The molecule has 0 aliphatic rings. The number of anilines is 1. The highest BCUT2D eigenvalue weighted by Crippen LogP contribution is 2.22. The maximum absolute atomic E-state index is 12.0. The molecule has 0 bridgehead atoms. The van der Waals surface area contributed by atoms with Gasteiger partial charge < -0.3 is 15.2 Å². The highest BCUT2D eigenvalue weighted by atomic mass is 16.5. The number of carboxylic acids is 1. The minimum absolute atomic E-state index is 0.0660. The van der Waals surface area contributed by atoms with Crippen LogP contribution in [0.25, 0.3) is 0 Å². The van der Waals surface area contributed by atoms with Crippen molar-refractivity contribution in [1.82, 2.24) is 0 Å². The van der Waals surface area contributed by atoms with Crippen molar-refractivity contribution in [1.29, 1.82) is 0 Å². The van der Waals surface area contributed by atoms with Crippen LogP contribution in [0.15, 0.2) is 42.5 Å². The van der Waals surface area contributed by atoms with Crippen LogP contribution >= 0.6 is 0 Å². The van der Waals surface area contributed by atoms with Gasteiger partial charge in [0.25, 0.3) is 5.91 Å². The SMILES string of the molecule is Cc1cccc(C)c1OCC(=O)Nc1ccc(CC(C)C(=O)O)cc1. The summed E-state index contributed by atoms with van der Waals surface area (Å²) < 4.78 is 5.63. The van der Waals surface area contributed by atoms with Gasteiger partial charge in [0.1, 0.15) is 5.75 Å². The van der Waals surface area contributed by atoms with E-state index in [9.17, 15) is 9.59 Å². The molecule has 1 amide bonds. The summed E-state index contributed by atoms with van der Waals surface area (Å²) in [7, 11) is 0. The summed E-state index contributed by atoms with van der Waals surface area (Å²) in [5.74, 6) is -0.766. The Bertz CT molecular complexity index is 733. The van der Waals surface area contributed by atoms with E-state index in [1.54, 1.807) is 19.1 Å². The largest absolute Gasteiger partial charge is 0.483 e. The zero-order valence-electron chi connectivity index (χ0n) is 14.7. The Labute approximate surface area is 147 Å². The van der Waals surface area contributed by atoms with Crippen LogP contribution in [0.4, 0.5) is 5.69 Å². The Morgan fingerprint density at radius 3 is 2.24 bits per heavy atom. The number of rotatable bonds is 7. The van der Waals surface area contributed by atoms with Crippen LogP contribution in [0.5, 0.6) is 5.75 Å². The molecule has 0 aliphatic carbocycles. The number of amides is 1. The predicted molar refractivity (Wildman–Crippen MR) is 97.0 cm³/mol. The van der Waals surface area contributed by atoms with Gasteiger partial charge in [-0.05, 0) is 49.1 Å². The molecule has 25 heavy (non-hydrogen) atoms. The number of hydrogen-bond donors (Lipinski definition) is 2. The zero-order chi connectivity index (χ0) is 18.4. The molecule has 1 atom stereocenters. The molecule has 2 aromatic carbocycles. The van der Waals surface area contributed by atoms with E-state index in [1.165, 1.54) is 0 Å². The molecule has 0 radical (unpaired) electrons. The third kappa shape index (κ3) is 5.35. The van der Waals surface area contributed by atoms with Crippen LogP contribution in [0.3, 0.4) is 0 Å². The topological polar surface area (TPSA) is 75.6 Å². The predicted octanol–water partition coefficient (Wildman–Crippen LogP) is 3.58. The van der Waals surface area contributed by atoms with Gasteiger partial charge >= 0.3 is 5.97 Å². The number of aliphatic carboxylic acids is 1. The van der Waals surface area contributed by atoms with Gasteiger partial charge in [0, 0.05) is 5.69 Å². The number of carbonyl (C=O) groups is 2. The van der Waals surface area contributed by atoms with Gasteiger partial charge in [0.15, 0.2) is 6.61 Å². The van der Waals surface area contributed by atoms with Crippen molar-refractivity contribution in [2.24, 2.45) is 5.92 Å². The molecular formula is C20H23NO4. The molecule has 0 aromatic heterocycles. The number of carboxylic acid groups (broad SMARTS) is 1. The van der Waals surface area contributed by atoms with Crippen LogP contribution in [0, 0.1) is 19.8 Å². The van der Waals surface area contributed by atoms with E-state index in [-0.39, 0.29) is 12.5 Å². The molecule has 2 aromatic rings. The number of ether oxygens (including phenoxy) is 1. The van der Waals surface area contributed by atoms with Gasteiger partial charge in [-0.1, -0.05) is 37.3 Å². The number of hydrogen-bond acceptors (Lipinski definition) is 3. The minimum Gasteiger partial charge on any atom is -0.483 e. The fourth-order valence-electron chi connectivity index (χ4n) is 2.53. The molecule has 2 rings (SSSR count). The van der Waals surface area contributed by atoms with Gasteiger partial charge in [-0.2, -0.15) is 0 Å². The first-order valence-electron chi connectivity index (χ1n) is 8.17. The lowest BCUT2D eigenvalue weighted by Crippen LogP contribution is -2.20. The molecule has 1 unspecified atom stereocenters. The molecule has 0 aliphatic heterocycles. The van der Waals surface area contributed by atoms with Gasteiger partial charge in [0.05, 0.1) is 5.92 Å². The van der Waals surface area contributed by atoms with E-state index in [1.807, 2.05) is 44.2 Å². The summed E-state index contributed by atoms with van der Waals surface area (Å²) in [6, 6.07) is 13.0. The number of para-hydroxylation sites is 1. The van der Waals surface area contributed by atoms with E-state index in [4.69, 9.17) is 9.84 Å². The first kappa shape index (κ1) is 18.5. The summed E-state index contributed by atoms with van der Waals surface area (Å²) >= 11 is 0. The fourth-order valence-corrected chi connectivity index (χ4v) is 2.53. The number of benzene rings is 2. The Hall–Kier alpha value is -2.82. The standard InChI is InChI=1S/C20H23NO4/c1-13-5-4-6-14(2)19(13)25-12-18(22)21-17-9-7-16(8-10-17)11-15(3)20(23)24/h4-10,15H,11-12H2,1-3H3,(H,21,22)(H,23,24).